The van der Waals surface area contributed by atoms with Gasteiger partial charge in [-0.05, 0) is 38.3 Å². The Labute approximate surface area is 131 Å². The van der Waals surface area contributed by atoms with Crippen LogP contribution in [0.25, 0.3) is 11.0 Å². The van der Waals surface area contributed by atoms with E-state index >= 15 is 0 Å². The first kappa shape index (κ1) is 16.3. The number of aryl methyl sites for hydroxylation is 2. The van der Waals surface area contributed by atoms with Crippen LogP contribution in [0.15, 0.2) is 12.1 Å². The van der Waals surface area contributed by atoms with Crippen molar-refractivity contribution in [1.82, 2.24) is 14.9 Å². The number of aromatic nitrogens is 2. The van der Waals surface area contributed by atoms with Crippen LogP contribution in [0.2, 0.25) is 0 Å². The lowest BCUT2D eigenvalue weighted by molar-refractivity contribution is -0.133. The summed E-state index contributed by atoms with van der Waals surface area (Å²) >= 11 is 0. The van der Waals surface area contributed by atoms with Crippen molar-refractivity contribution in [3.63, 3.8) is 0 Å². The van der Waals surface area contributed by atoms with Crippen LogP contribution in [0, 0.1) is 13.8 Å². The fourth-order valence-corrected chi connectivity index (χ4v) is 2.60. The lowest BCUT2D eigenvalue weighted by Gasteiger charge is -2.21. The molecule has 1 amide bonds. The van der Waals surface area contributed by atoms with E-state index in [0.717, 1.165) is 48.4 Å². The second-order valence-electron chi connectivity index (χ2n) is 5.63. The van der Waals surface area contributed by atoms with Crippen molar-refractivity contribution in [2.75, 3.05) is 19.7 Å². The highest BCUT2D eigenvalue weighted by Gasteiger charge is 2.13. The van der Waals surface area contributed by atoms with Gasteiger partial charge in [-0.1, -0.05) is 13.8 Å². The molecular weight excluding hydrogens is 278 g/mol. The first-order valence-electron chi connectivity index (χ1n) is 7.92. The second kappa shape index (κ2) is 7.29. The molecule has 0 aliphatic carbocycles. The van der Waals surface area contributed by atoms with Crippen molar-refractivity contribution < 1.29 is 9.53 Å². The number of nitrogens with zero attached hydrogens (tertiary/aromatic N) is 2. The molecule has 120 valence electrons. The van der Waals surface area contributed by atoms with E-state index in [2.05, 4.69) is 23.8 Å². The van der Waals surface area contributed by atoms with E-state index in [9.17, 15) is 4.79 Å². The van der Waals surface area contributed by atoms with Crippen molar-refractivity contribution >= 4 is 16.9 Å². The second-order valence-corrected chi connectivity index (χ2v) is 5.63. The van der Waals surface area contributed by atoms with Crippen LogP contribution in [-0.4, -0.2) is 40.5 Å². The Kier molecular flexibility index (Phi) is 5.41. The predicted molar refractivity (Wildman–Crippen MR) is 88.2 cm³/mol. The zero-order chi connectivity index (χ0) is 16.1. The average molecular weight is 303 g/mol. The molecule has 0 spiro atoms. The largest absolute Gasteiger partial charge is 0.484 e. The lowest BCUT2D eigenvalue weighted by Crippen LogP contribution is -2.36. The van der Waals surface area contributed by atoms with Crippen molar-refractivity contribution in [3.8, 4) is 5.75 Å². The number of amides is 1. The summed E-state index contributed by atoms with van der Waals surface area (Å²) < 4.78 is 5.70. The number of imidazole rings is 1. The van der Waals surface area contributed by atoms with Crippen LogP contribution in [0.5, 0.6) is 5.75 Å². The van der Waals surface area contributed by atoms with Gasteiger partial charge in [0.2, 0.25) is 0 Å². The van der Waals surface area contributed by atoms with E-state index in [1.165, 1.54) is 0 Å². The summed E-state index contributed by atoms with van der Waals surface area (Å²) in [5, 5.41) is 0. The number of H-pyrrole nitrogens is 1. The molecule has 1 N–H and O–H groups in total. The number of carbonyl (C=O) groups excluding carboxylic acids is 1. The molecule has 5 nitrogen and oxygen atoms in total. The molecular formula is C17H25N3O2. The summed E-state index contributed by atoms with van der Waals surface area (Å²) in [7, 11) is 0. The molecule has 0 saturated carbocycles. The van der Waals surface area contributed by atoms with Crippen molar-refractivity contribution in [3.05, 3.63) is 23.5 Å². The Hall–Kier alpha value is -2.04. The Morgan fingerprint density at radius 1 is 1.23 bits per heavy atom. The van der Waals surface area contributed by atoms with Crippen molar-refractivity contribution in [1.29, 1.82) is 0 Å². The van der Waals surface area contributed by atoms with Gasteiger partial charge in [0.1, 0.15) is 11.6 Å². The van der Waals surface area contributed by atoms with E-state index in [-0.39, 0.29) is 12.5 Å². The summed E-state index contributed by atoms with van der Waals surface area (Å²) in [4.78, 5) is 21.7. The molecule has 0 bridgehead atoms. The molecule has 5 heteroatoms. The van der Waals surface area contributed by atoms with E-state index in [0.29, 0.717) is 5.75 Å². The van der Waals surface area contributed by atoms with Crippen LogP contribution in [-0.2, 0) is 4.79 Å². The molecule has 0 aliphatic heterocycles. The number of carbonyl (C=O) groups is 1. The molecule has 0 atom stereocenters. The van der Waals surface area contributed by atoms with E-state index < -0.39 is 0 Å². The SMILES string of the molecule is CCCN(CCC)C(=O)COc1cc(C)c2nc(C)[nH]c2c1. The third-order valence-corrected chi connectivity index (χ3v) is 3.57. The van der Waals surface area contributed by atoms with Gasteiger partial charge >= 0.3 is 0 Å². The van der Waals surface area contributed by atoms with Gasteiger partial charge in [0, 0.05) is 19.2 Å². The number of hydrogen-bond donors (Lipinski definition) is 1. The number of rotatable bonds is 7. The smallest absolute Gasteiger partial charge is 0.260 e. The monoisotopic (exact) mass is 303 g/mol. The van der Waals surface area contributed by atoms with Gasteiger partial charge in [-0.3, -0.25) is 4.79 Å². The number of benzene rings is 1. The maximum atomic E-state index is 12.2. The highest BCUT2D eigenvalue weighted by molar-refractivity contribution is 5.81. The number of ether oxygens (including phenoxy) is 1. The quantitative estimate of drug-likeness (QED) is 0.854. The molecule has 22 heavy (non-hydrogen) atoms. The van der Waals surface area contributed by atoms with Gasteiger partial charge in [-0.25, -0.2) is 4.98 Å². The third-order valence-electron chi connectivity index (χ3n) is 3.57. The van der Waals surface area contributed by atoms with Crippen LogP contribution in [0.1, 0.15) is 38.1 Å². The molecule has 1 aromatic heterocycles. The Morgan fingerprint density at radius 2 is 1.91 bits per heavy atom. The predicted octanol–water partition coefficient (Wildman–Crippen LogP) is 3.21. The van der Waals surface area contributed by atoms with Gasteiger partial charge in [0.15, 0.2) is 6.61 Å². The topological polar surface area (TPSA) is 58.2 Å². The first-order valence-corrected chi connectivity index (χ1v) is 7.92. The fourth-order valence-electron chi connectivity index (χ4n) is 2.60. The minimum atomic E-state index is 0.0437. The zero-order valence-electron chi connectivity index (χ0n) is 13.9. The van der Waals surface area contributed by atoms with Gasteiger partial charge < -0.3 is 14.6 Å². The third kappa shape index (κ3) is 3.78. The highest BCUT2D eigenvalue weighted by Crippen LogP contribution is 2.23. The fraction of sp³-hybridized carbons (Fsp3) is 0.529. The van der Waals surface area contributed by atoms with Crippen molar-refractivity contribution in [2.45, 2.75) is 40.5 Å². The number of nitrogens with one attached hydrogen (secondary N) is 1. The Balaban J connectivity index is 2.05. The van der Waals surface area contributed by atoms with E-state index in [4.69, 9.17) is 4.74 Å². The maximum absolute atomic E-state index is 12.2. The normalized spacial score (nSPS) is 10.9. The molecule has 0 fully saturated rings. The molecule has 1 aromatic carbocycles. The zero-order valence-corrected chi connectivity index (χ0v) is 13.9. The van der Waals surface area contributed by atoms with Gasteiger partial charge in [-0.15, -0.1) is 0 Å². The molecule has 0 saturated heterocycles. The van der Waals surface area contributed by atoms with Crippen LogP contribution in [0.3, 0.4) is 0 Å². The summed E-state index contributed by atoms with van der Waals surface area (Å²) in [6.45, 7) is 9.73. The molecule has 0 radical (unpaired) electrons. The maximum Gasteiger partial charge on any atom is 0.260 e. The summed E-state index contributed by atoms with van der Waals surface area (Å²) in [6, 6.07) is 3.83. The van der Waals surface area contributed by atoms with E-state index in [1.807, 2.05) is 30.9 Å². The minimum absolute atomic E-state index is 0.0437. The summed E-state index contributed by atoms with van der Waals surface area (Å²) in [5.41, 5.74) is 2.94. The van der Waals surface area contributed by atoms with Crippen molar-refractivity contribution in [2.24, 2.45) is 0 Å². The molecule has 2 aromatic rings. The van der Waals surface area contributed by atoms with Crippen LogP contribution < -0.4 is 4.74 Å². The number of aromatic amines is 1. The van der Waals surface area contributed by atoms with Crippen LogP contribution >= 0.6 is 0 Å². The average Bonchev–Trinajstić information content (AvgIpc) is 2.85. The highest BCUT2D eigenvalue weighted by atomic mass is 16.5. The first-order chi connectivity index (χ1) is 10.5. The Morgan fingerprint density at radius 3 is 2.55 bits per heavy atom. The summed E-state index contributed by atoms with van der Waals surface area (Å²) in [5.74, 6) is 1.63. The number of hydrogen-bond acceptors (Lipinski definition) is 3. The number of fused-ring (bicyclic) bond motifs is 1. The molecule has 0 aliphatic rings. The van der Waals surface area contributed by atoms with Crippen LogP contribution in [0.4, 0.5) is 0 Å². The lowest BCUT2D eigenvalue weighted by atomic mass is 10.2. The molecule has 0 unspecified atom stereocenters. The molecule has 2 rings (SSSR count). The Bertz CT molecular complexity index is 643. The standard InChI is InChI=1S/C17H25N3O2/c1-5-7-20(8-6-2)16(21)11-22-14-9-12(3)17-15(10-14)18-13(4)19-17/h9-10H,5-8,11H2,1-4H3,(H,18,19). The molecule has 1 heterocycles. The van der Waals surface area contributed by atoms with Gasteiger partial charge in [0.25, 0.3) is 5.91 Å². The van der Waals surface area contributed by atoms with E-state index in [1.54, 1.807) is 0 Å². The minimum Gasteiger partial charge on any atom is -0.484 e. The van der Waals surface area contributed by atoms with Gasteiger partial charge in [0.05, 0.1) is 11.0 Å². The van der Waals surface area contributed by atoms with Gasteiger partial charge in [-0.2, -0.15) is 0 Å². The summed E-state index contributed by atoms with van der Waals surface area (Å²) in [6.07, 6.45) is 1.93.